The Hall–Kier alpha value is 0.0484. The van der Waals surface area contributed by atoms with Crippen LogP contribution in [0.2, 0.25) is 0 Å². The minimum absolute atomic E-state index is 0. The zero-order valence-electron chi connectivity index (χ0n) is 4.94. The molecule has 0 aromatic heterocycles. The Morgan fingerprint density at radius 1 is 1.71 bits per heavy atom. The molecule has 0 fully saturated rings. The van der Waals surface area contributed by atoms with Crippen molar-refractivity contribution in [3.8, 4) is 6.07 Å². The predicted molar refractivity (Wildman–Crippen MR) is 35.0 cm³/mol. The summed E-state index contributed by atoms with van der Waals surface area (Å²) in [6.07, 6.45) is 0.969. The van der Waals surface area contributed by atoms with Crippen LogP contribution >= 0.6 is 0 Å². The van der Waals surface area contributed by atoms with Gasteiger partial charge in [-0.05, 0) is 13.3 Å². The molecular weight excluding hydrogens is 149 g/mol. The van der Waals surface area contributed by atoms with Crippen molar-refractivity contribution in [3.05, 3.63) is 0 Å². The summed E-state index contributed by atoms with van der Waals surface area (Å²) in [5.41, 5.74) is 0. The average Bonchev–Trinajstić information content (AvgIpc) is 1.65. The summed E-state index contributed by atoms with van der Waals surface area (Å²) >= 11 is 0. The number of nitriles is 1. The minimum atomic E-state index is 0. The fourth-order valence-electron chi connectivity index (χ4n) is 0.0913. The van der Waals surface area contributed by atoms with Crippen LogP contribution in [-0.2, 0) is 0 Å². The quantitative estimate of drug-likeness (QED) is 0.510. The third kappa shape index (κ3) is 6.05. The van der Waals surface area contributed by atoms with E-state index < -0.39 is 0 Å². The van der Waals surface area contributed by atoms with E-state index in [0.717, 1.165) is 6.42 Å². The fourth-order valence-corrected chi connectivity index (χ4v) is 0.0913. The van der Waals surface area contributed by atoms with Crippen molar-refractivity contribution in [2.75, 3.05) is 0 Å². The van der Waals surface area contributed by atoms with Crippen LogP contribution < -0.4 is 0 Å². The predicted octanol–water partition coefficient (Wildman–Crippen LogP) is 0.372. The first kappa shape index (κ1) is 10.1. The van der Waals surface area contributed by atoms with Gasteiger partial charge in [0, 0.05) is 5.92 Å². The Labute approximate surface area is 56.0 Å². The van der Waals surface area contributed by atoms with Crippen molar-refractivity contribution in [1.82, 2.24) is 0 Å². The number of nitrogens with zero attached hydrogens (tertiary/aromatic N) is 1. The third-order valence-electron chi connectivity index (χ3n) is 0.833. The second-order valence-corrected chi connectivity index (χ2v) is 1.44. The van der Waals surface area contributed by atoms with Crippen molar-refractivity contribution >= 4 is 18.0 Å². The molecule has 0 spiro atoms. The first-order valence-corrected chi connectivity index (χ1v) is 2.20. The van der Waals surface area contributed by atoms with E-state index in [1.54, 1.807) is 0 Å². The zero-order chi connectivity index (χ0) is 4.99. The van der Waals surface area contributed by atoms with Gasteiger partial charge >= 0.3 is 18.0 Å². The second kappa shape index (κ2) is 6.05. The van der Waals surface area contributed by atoms with E-state index in [0.29, 0.717) is 0 Å². The monoisotopic (exact) mass is 161 g/mol. The van der Waals surface area contributed by atoms with Gasteiger partial charge in [-0.15, -0.1) is 0 Å². The molecule has 7 heavy (non-hydrogen) atoms. The molecule has 0 amide bonds. The molecule has 0 aromatic carbocycles. The summed E-state index contributed by atoms with van der Waals surface area (Å²) in [5.74, 6) is 0.241. The maximum absolute atomic E-state index is 8.08. The number of rotatable bonds is 1. The SMILES string of the molecule is CCC(C)C#N.[AsH3]. The molecule has 0 heterocycles. The van der Waals surface area contributed by atoms with Gasteiger partial charge in [0.05, 0.1) is 6.07 Å². The molecule has 0 bridgehead atoms. The van der Waals surface area contributed by atoms with E-state index in [1.165, 1.54) is 0 Å². The molecule has 2 atom stereocenters. The van der Waals surface area contributed by atoms with E-state index in [1.807, 2.05) is 13.8 Å². The molecule has 2 heteroatoms. The Balaban J connectivity index is 0. The van der Waals surface area contributed by atoms with Gasteiger partial charge in [-0.3, -0.25) is 0 Å². The second-order valence-electron chi connectivity index (χ2n) is 1.44. The maximum atomic E-state index is 8.08. The van der Waals surface area contributed by atoms with Gasteiger partial charge in [-0.2, -0.15) is 5.26 Å². The molecule has 42 valence electrons. The van der Waals surface area contributed by atoms with Crippen LogP contribution in [0.4, 0.5) is 0 Å². The first-order valence-electron chi connectivity index (χ1n) is 2.20. The molecule has 0 aliphatic carbocycles. The van der Waals surface area contributed by atoms with Crippen molar-refractivity contribution in [2.45, 2.75) is 20.3 Å². The summed E-state index contributed by atoms with van der Waals surface area (Å²) in [6, 6.07) is 2.11. The summed E-state index contributed by atoms with van der Waals surface area (Å²) in [4.78, 5) is 0. The van der Waals surface area contributed by atoms with E-state index in [9.17, 15) is 0 Å². The molecule has 0 saturated carbocycles. The van der Waals surface area contributed by atoms with Gasteiger partial charge in [0.2, 0.25) is 0 Å². The zero-order valence-corrected chi connectivity index (χ0v) is 7.91. The van der Waals surface area contributed by atoms with Crippen molar-refractivity contribution in [3.63, 3.8) is 0 Å². The molecule has 0 saturated heterocycles. The van der Waals surface area contributed by atoms with Crippen LogP contribution in [0.15, 0.2) is 0 Å². The Bertz CT molecular complexity index is 65.0. The van der Waals surface area contributed by atoms with Crippen LogP contribution in [-0.4, -0.2) is 18.0 Å². The molecule has 0 rings (SSSR count). The summed E-state index contributed by atoms with van der Waals surface area (Å²) in [6.45, 7) is 3.92. The van der Waals surface area contributed by atoms with Gasteiger partial charge in [0.25, 0.3) is 0 Å². The molecular formula is C5H12AsN. The third-order valence-corrected chi connectivity index (χ3v) is 0.833. The number of hydrogen-bond acceptors (Lipinski definition) is 1. The van der Waals surface area contributed by atoms with Gasteiger partial charge in [0.1, 0.15) is 0 Å². The van der Waals surface area contributed by atoms with Crippen LogP contribution in [0.1, 0.15) is 20.3 Å². The Kier molecular flexibility index (Phi) is 8.74. The van der Waals surface area contributed by atoms with Gasteiger partial charge in [-0.25, -0.2) is 0 Å². The van der Waals surface area contributed by atoms with Crippen LogP contribution in [0.3, 0.4) is 0 Å². The summed E-state index contributed by atoms with van der Waals surface area (Å²) in [5, 5.41) is 8.08. The Morgan fingerprint density at radius 2 is 2.14 bits per heavy atom. The average molecular weight is 161 g/mol. The molecule has 0 aromatic rings. The first-order chi connectivity index (χ1) is 2.81. The standard InChI is InChI=1S/C5H9N.AsH3/c1-3-5(2)4-6;/h5H,3H2,1-2H3;1H3. The number of hydrogen-bond donors (Lipinski definition) is 0. The van der Waals surface area contributed by atoms with Crippen molar-refractivity contribution in [1.29, 1.82) is 5.26 Å². The van der Waals surface area contributed by atoms with Gasteiger partial charge in [0.15, 0.2) is 0 Å². The molecule has 0 N–H and O–H groups in total. The molecule has 1 nitrogen and oxygen atoms in total. The summed E-state index contributed by atoms with van der Waals surface area (Å²) in [7, 11) is 0. The van der Waals surface area contributed by atoms with Gasteiger partial charge in [-0.1, -0.05) is 6.92 Å². The van der Waals surface area contributed by atoms with Crippen LogP contribution in [0.25, 0.3) is 0 Å². The summed E-state index contributed by atoms with van der Waals surface area (Å²) < 4.78 is 0. The Morgan fingerprint density at radius 3 is 2.14 bits per heavy atom. The molecule has 0 aliphatic heterocycles. The van der Waals surface area contributed by atoms with Crippen molar-refractivity contribution < 1.29 is 0 Å². The van der Waals surface area contributed by atoms with E-state index in [2.05, 4.69) is 6.07 Å². The van der Waals surface area contributed by atoms with E-state index >= 15 is 0 Å². The van der Waals surface area contributed by atoms with Crippen LogP contribution in [0.5, 0.6) is 0 Å². The molecule has 0 aliphatic rings. The van der Waals surface area contributed by atoms with Gasteiger partial charge < -0.3 is 0 Å². The molecule has 0 radical (unpaired) electrons. The van der Waals surface area contributed by atoms with Crippen LogP contribution in [0, 0.1) is 17.2 Å². The molecule has 2 unspecified atom stereocenters. The normalized spacial score (nSPS) is 11.0. The van der Waals surface area contributed by atoms with E-state index in [-0.39, 0.29) is 23.9 Å². The van der Waals surface area contributed by atoms with Crippen molar-refractivity contribution in [2.24, 2.45) is 5.92 Å². The fraction of sp³-hybridized carbons (Fsp3) is 0.800. The van der Waals surface area contributed by atoms with E-state index in [4.69, 9.17) is 5.26 Å². The topological polar surface area (TPSA) is 23.8 Å².